The summed E-state index contributed by atoms with van der Waals surface area (Å²) in [6.07, 6.45) is 0.892. The van der Waals surface area contributed by atoms with Crippen LogP contribution in [0.4, 0.5) is 0 Å². The molecular weight excluding hydrogens is 326 g/mol. The zero-order valence-corrected chi connectivity index (χ0v) is 12.7. The Kier molecular flexibility index (Phi) is 4.20. The minimum atomic E-state index is 0.660. The maximum absolute atomic E-state index is 5.27. The van der Waals surface area contributed by atoms with Crippen LogP contribution >= 0.6 is 27.7 Å². The molecule has 1 fully saturated rings. The molecule has 6 heteroatoms. The van der Waals surface area contributed by atoms with E-state index in [9.17, 15) is 0 Å². The van der Waals surface area contributed by atoms with E-state index in [0.29, 0.717) is 5.92 Å². The zero-order valence-electron chi connectivity index (χ0n) is 10.3. The smallest absolute Gasteiger partial charge is 0.227 e. The van der Waals surface area contributed by atoms with Gasteiger partial charge in [0.1, 0.15) is 0 Å². The van der Waals surface area contributed by atoms with E-state index in [1.807, 2.05) is 12.1 Å². The Balaban J connectivity index is 1.53. The highest BCUT2D eigenvalue weighted by atomic mass is 79.9. The molecule has 0 amide bonds. The van der Waals surface area contributed by atoms with Gasteiger partial charge in [0.2, 0.25) is 5.89 Å². The van der Waals surface area contributed by atoms with Gasteiger partial charge < -0.3 is 9.84 Å². The molecule has 0 atom stereocenters. The van der Waals surface area contributed by atoms with Gasteiger partial charge in [-0.3, -0.25) is 0 Å². The number of rotatable bonds is 5. The molecular formula is C13H14BrN3OS. The molecule has 2 heterocycles. The van der Waals surface area contributed by atoms with E-state index in [1.54, 1.807) is 11.8 Å². The minimum absolute atomic E-state index is 0.660. The zero-order chi connectivity index (χ0) is 13.1. The lowest BCUT2D eigenvalue weighted by Gasteiger charge is -2.25. The highest BCUT2D eigenvalue weighted by molar-refractivity contribution is 9.10. The molecule has 2 aromatic rings. The maximum atomic E-state index is 5.27. The van der Waals surface area contributed by atoms with Crippen molar-refractivity contribution in [3.05, 3.63) is 40.5 Å². The Morgan fingerprint density at radius 3 is 2.79 bits per heavy atom. The normalized spacial score (nSPS) is 15.4. The largest absolute Gasteiger partial charge is 0.339 e. The molecule has 1 aliphatic rings. The molecule has 0 bridgehead atoms. The fourth-order valence-corrected chi connectivity index (χ4v) is 2.86. The minimum Gasteiger partial charge on any atom is -0.339 e. The average molecular weight is 340 g/mol. The van der Waals surface area contributed by atoms with Gasteiger partial charge in [-0.05, 0) is 43.3 Å². The first-order valence-electron chi connectivity index (χ1n) is 6.20. The molecule has 0 aliphatic carbocycles. The number of aromatic nitrogens is 2. The van der Waals surface area contributed by atoms with Crippen molar-refractivity contribution in [2.75, 3.05) is 13.1 Å². The lowest BCUT2D eigenvalue weighted by molar-refractivity contribution is 0.295. The van der Waals surface area contributed by atoms with Gasteiger partial charge in [0.05, 0.1) is 5.75 Å². The molecule has 1 N–H and O–H groups in total. The first-order valence-corrected chi connectivity index (χ1v) is 7.98. The number of thioether (sulfide) groups is 1. The van der Waals surface area contributed by atoms with Crippen LogP contribution in [0.3, 0.4) is 0 Å². The molecule has 1 aromatic heterocycles. The van der Waals surface area contributed by atoms with E-state index in [4.69, 9.17) is 4.52 Å². The number of hydrogen-bond donors (Lipinski definition) is 1. The number of nitrogens with zero attached hydrogens (tertiary/aromatic N) is 2. The van der Waals surface area contributed by atoms with Crippen molar-refractivity contribution in [2.24, 2.45) is 5.92 Å². The molecule has 100 valence electrons. The van der Waals surface area contributed by atoms with E-state index >= 15 is 0 Å². The molecule has 0 unspecified atom stereocenters. The first kappa shape index (κ1) is 13.1. The Labute approximate surface area is 124 Å². The van der Waals surface area contributed by atoms with Crippen LogP contribution < -0.4 is 5.32 Å². The number of hydrogen-bond acceptors (Lipinski definition) is 5. The SMILES string of the molecule is Brc1ccc(SCc2noc(CC3CNC3)n2)cc1. The molecule has 1 aromatic carbocycles. The highest BCUT2D eigenvalue weighted by Gasteiger charge is 2.20. The van der Waals surface area contributed by atoms with Crippen LogP contribution in [0.1, 0.15) is 11.7 Å². The fraction of sp³-hybridized carbons (Fsp3) is 0.385. The Morgan fingerprint density at radius 1 is 1.32 bits per heavy atom. The van der Waals surface area contributed by atoms with Gasteiger partial charge in [-0.1, -0.05) is 21.1 Å². The monoisotopic (exact) mass is 339 g/mol. The van der Waals surface area contributed by atoms with Crippen molar-refractivity contribution in [1.82, 2.24) is 15.5 Å². The summed E-state index contributed by atoms with van der Waals surface area (Å²) in [7, 11) is 0. The van der Waals surface area contributed by atoms with Gasteiger partial charge in [-0.25, -0.2) is 0 Å². The summed E-state index contributed by atoms with van der Waals surface area (Å²) in [6, 6.07) is 8.23. The first-order chi connectivity index (χ1) is 9.29. The third-order valence-electron chi connectivity index (χ3n) is 3.02. The van der Waals surface area contributed by atoms with Gasteiger partial charge in [0.25, 0.3) is 0 Å². The summed E-state index contributed by atoms with van der Waals surface area (Å²) in [5, 5.41) is 7.27. The Bertz CT molecular complexity index is 539. The summed E-state index contributed by atoms with van der Waals surface area (Å²) >= 11 is 5.14. The summed E-state index contributed by atoms with van der Waals surface area (Å²) in [5.41, 5.74) is 0. The van der Waals surface area contributed by atoms with Crippen LogP contribution in [0.5, 0.6) is 0 Å². The van der Waals surface area contributed by atoms with Gasteiger partial charge in [0, 0.05) is 15.8 Å². The van der Waals surface area contributed by atoms with Gasteiger partial charge in [-0.15, -0.1) is 11.8 Å². The standard InChI is InChI=1S/C13H14BrN3OS/c14-10-1-3-11(4-2-10)19-8-12-16-13(18-17-12)5-9-6-15-7-9/h1-4,9,15H,5-8H2. The van der Waals surface area contributed by atoms with Crippen molar-refractivity contribution in [1.29, 1.82) is 0 Å². The predicted octanol–water partition coefficient (Wildman–Crippen LogP) is 2.89. The summed E-state index contributed by atoms with van der Waals surface area (Å²) in [5.74, 6) is 2.94. The second kappa shape index (κ2) is 6.07. The topological polar surface area (TPSA) is 51.0 Å². The fourth-order valence-electron chi connectivity index (χ4n) is 1.85. The van der Waals surface area contributed by atoms with Gasteiger partial charge in [-0.2, -0.15) is 4.98 Å². The van der Waals surface area contributed by atoms with E-state index < -0.39 is 0 Å². The Hall–Kier alpha value is -0.850. The van der Waals surface area contributed by atoms with E-state index in [2.05, 4.69) is 43.5 Å². The lowest BCUT2D eigenvalue weighted by atomic mass is 10.00. The second-order valence-electron chi connectivity index (χ2n) is 4.58. The van der Waals surface area contributed by atoms with Crippen LogP contribution in [0.2, 0.25) is 0 Å². The van der Waals surface area contributed by atoms with Crippen molar-refractivity contribution >= 4 is 27.7 Å². The number of halogens is 1. The van der Waals surface area contributed by atoms with Crippen molar-refractivity contribution < 1.29 is 4.52 Å². The third kappa shape index (κ3) is 3.58. The van der Waals surface area contributed by atoms with Crippen LogP contribution in [-0.4, -0.2) is 23.2 Å². The lowest BCUT2D eigenvalue weighted by Crippen LogP contribution is -2.43. The second-order valence-corrected chi connectivity index (χ2v) is 6.54. The van der Waals surface area contributed by atoms with E-state index in [-0.39, 0.29) is 0 Å². The molecule has 0 radical (unpaired) electrons. The maximum Gasteiger partial charge on any atom is 0.227 e. The van der Waals surface area contributed by atoms with E-state index in [1.165, 1.54) is 4.90 Å². The van der Waals surface area contributed by atoms with Crippen LogP contribution in [0.15, 0.2) is 38.2 Å². The summed E-state index contributed by atoms with van der Waals surface area (Å²) in [6.45, 7) is 2.12. The third-order valence-corrected chi connectivity index (χ3v) is 4.56. The molecule has 19 heavy (non-hydrogen) atoms. The van der Waals surface area contributed by atoms with Crippen molar-refractivity contribution in [2.45, 2.75) is 17.1 Å². The summed E-state index contributed by atoms with van der Waals surface area (Å²) < 4.78 is 6.36. The van der Waals surface area contributed by atoms with E-state index in [0.717, 1.165) is 41.5 Å². The van der Waals surface area contributed by atoms with Crippen LogP contribution in [0.25, 0.3) is 0 Å². The quantitative estimate of drug-likeness (QED) is 0.849. The molecule has 4 nitrogen and oxygen atoms in total. The number of benzene rings is 1. The van der Waals surface area contributed by atoms with Gasteiger partial charge >= 0.3 is 0 Å². The van der Waals surface area contributed by atoms with Crippen molar-refractivity contribution in [3.63, 3.8) is 0 Å². The van der Waals surface area contributed by atoms with Crippen LogP contribution in [0, 0.1) is 5.92 Å². The predicted molar refractivity (Wildman–Crippen MR) is 78.1 cm³/mol. The molecule has 3 rings (SSSR count). The molecule has 0 spiro atoms. The van der Waals surface area contributed by atoms with Crippen molar-refractivity contribution in [3.8, 4) is 0 Å². The van der Waals surface area contributed by atoms with Crippen LogP contribution in [-0.2, 0) is 12.2 Å². The molecule has 1 saturated heterocycles. The molecule has 0 saturated carbocycles. The average Bonchev–Trinajstić information content (AvgIpc) is 2.81. The Morgan fingerprint density at radius 2 is 2.11 bits per heavy atom. The molecule has 1 aliphatic heterocycles. The van der Waals surface area contributed by atoms with Gasteiger partial charge in [0.15, 0.2) is 5.82 Å². The number of nitrogens with one attached hydrogen (secondary N) is 1. The summed E-state index contributed by atoms with van der Waals surface area (Å²) in [4.78, 5) is 5.64. The highest BCUT2D eigenvalue weighted by Crippen LogP contribution is 2.23.